The molecule has 0 heterocycles. The lowest BCUT2D eigenvalue weighted by Gasteiger charge is -2.20. The Morgan fingerprint density at radius 3 is 2.00 bits per heavy atom. The van der Waals surface area contributed by atoms with Crippen LogP contribution in [0.5, 0.6) is 0 Å². The fourth-order valence-electron chi connectivity index (χ4n) is 1.46. The molecule has 0 bridgehead atoms. The summed E-state index contributed by atoms with van der Waals surface area (Å²) in [5, 5.41) is 9.57. The molecule has 0 atom stereocenters. The second-order valence-electron chi connectivity index (χ2n) is 4.18. The van der Waals surface area contributed by atoms with E-state index in [0.717, 1.165) is 24.0 Å². The maximum Gasteiger partial charge on any atom is 0.117 e. The van der Waals surface area contributed by atoms with Crippen molar-refractivity contribution in [1.29, 1.82) is 0 Å². The predicted molar refractivity (Wildman–Crippen MR) is 47.5 cm³/mol. The molecule has 0 fully saturated rings. The largest absolute Gasteiger partial charge is 0.508 e. The predicted octanol–water partition coefficient (Wildman–Crippen LogP) is 3.19. The van der Waals surface area contributed by atoms with Crippen LogP contribution in [0.4, 0.5) is 0 Å². The fourth-order valence-corrected chi connectivity index (χ4v) is 1.46. The van der Waals surface area contributed by atoms with E-state index < -0.39 is 0 Å². The zero-order valence-electron chi connectivity index (χ0n) is 7.57. The molecule has 1 N–H and O–H groups in total. The van der Waals surface area contributed by atoms with Gasteiger partial charge in [0.05, 0.1) is 0 Å². The van der Waals surface area contributed by atoms with E-state index in [4.69, 9.17) is 0 Å². The van der Waals surface area contributed by atoms with Crippen LogP contribution in [0.15, 0.2) is 23.5 Å². The molecule has 1 heteroatoms. The highest BCUT2D eigenvalue weighted by molar-refractivity contribution is 5.36. The van der Waals surface area contributed by atoms with Crippen LogP contribution < -0.4 is 0 Å². The summed E-state index contributed by atoms with van der Waals surface area (Å²) in [6, 6.07) is 0. The van der Waals surface area contributed by atoms with Crippen molar-refractivity contribution in [1.82, 2.24) is 0 Å². The van der Waals surface area contributed by atoms with Gasteiger partial charge in [-0.05, 0) is 29.4 Å². The maximum atomic E-state index is 9.57. The molecular formula is C10H16O. The summed E-state index contributed by atoms with van der Waals surface area (Å²) in [5.74, 6) is 0.456. The lowest BCUT2D eigenvalue weighted by Crippen LogP contribution is -2.08. The van der Waals surface area contributed by atoms with Gasteiger partial charge in [-0.1, -0.05) is 27.4 Å². The normalized spacial score (nSPS) is 19.7. The van der Waals surface area contributed by atoms with Crippen molar-refractivity contribution in [2.24, 2.45) is 5.41 Å². The lowest BCUT2D eigenvalue weighted by atomic mass is 9.86. The van der Waals surface area contributed by atoms with Gasteiger partial charge in [-0.3, -0.25) is 0 Å². The highest BCUT2D eigenvalue weighted by atomic mass is 16.3. The number of allylic oxidation sites excluding steroid dienone is 2. The first kappa shape index (κ1) is 8.38. The zero-order chi connectivity index (χ0) is 8.65. The minimum Gasteiger partial charge on any atom is -0.508 e. The van der Waals surface area contributed by atoms with Crippen molar-refractivity contribution in [2.45, 2.75) is 33.6 Å². The Morgan fingerprint density at radius 1 is 1.27 bits per heavy atom. The van der Waals surface area contributed by atoms with E-state index in [2.05, 4.69) is 27.4 Å². The molecule has 0 aromatic carbocycles. The minimum absolute atomic E-state index is 0.101. The van der Waals surface area contributed by atoms with Gasteiger partial charge in [0.2, 0.25) is 0 Å². The second kappa shape index (κ2) is 2.40. The summed E-state index contributed by atoms with van der Waals surface area (Å²) in [6.07, 6.45) is 1.91. The minimum atomic E-state index is 0.101. The summed E-state index contributed by atoms with van der Waals surface area (Å²) in [5.41, 5.74) is 2.15. The maximum absolute atomic E-state index is 9.57. The molecule has 0 unspecified atom stereocenters. The zero-order valence-corrected chi connectivity index (χ0v) is 7.57. The van der Waals surface area contributed by atoms with E-state index >= 15 is 0 Å². The molecule has 0 aliphatic heterocycles. The van der Waals surface area contributed by atoms with Gasteiger partial charge in [-0.2, -0.15) is 0 Å². The molecular weight excluding hydrogens is 136 g/mol. The number of hydrogen-bond donors (Lipinski definition) is 1. The fraction of sp³-hybridized carbons (Fsp3) is 0.600. The van der Waals surface area contributed by atoms with Gasteiger partial charge >= 0.3 is 0 Å². The summed E-state index contributed by atoms with van der Waals surface area (Å²) in [4.78, 5) is 0. The van der Waals surface area contributed by atoms with Crippen molar-refractivity contribution in [3.05, 3.63) is 23.5 Å². The SMILES string of the molecule is C=C1CCC(C(C)(C)C)=C1O. The molecule has 1 aliphatic carbocycles. The Labute approximate surface area is 68.4 Å². The number of aliphatic hydroxyl groups is 1. The smallest absolute Gasteiger partial charge is 0.117 e. The first-order valence-corrected chi connectivity index (χ1v) is 4.03. The molecule has 62 valence electrons. The van der Waals surface area contributed by atoms with Gasteiger partial charge in [-0.15, -0.1) is 0 Å². The second-order valence-corrected chi connectivity index (χ2v) is 4.18. The molecule has 0 radical (unpaired) electrons. The molecule has 0 spiro atoms. The van der Waals surface area contributed by atoms with Crippen molar-refractivity contribution in [3.63, 3.8) is 0 Å². The molecule has 0 aromatic heterocycles. The van der Waals surface area contributed by atoms with Crippen molar-refractivity contribution in [3.8, 4) is 0 Å². The molecule has 0 saturated carbocycles. The van der Waals surface area contributed by atoms with Crippen molar-refractivity contribution in [2.75, 3.05) is 0 Å². The third-order valence-electron chi connectivity index (χ3n) is 2.20. The number of aliphatic hydroxyl groups excluding tert-OH is 1. The first-order chi connectivity index (χ1) is 4.93. The highest BCUT2D eigenvalue weighted by Crippen LogP contribution is 2.39. The van der Waals surface area contributed by atoms with Gasteiger partial charge in [-0.25, -0.2) is 0 Å². The molecule has 1 aliphatic rings. The standard InChI is InChI=1S/C10H16O/c1-7-5-6-8(9(7)11)10(2,3)4/h11H,1,5-6H2,2-4H3. The monoisotopic (exact) mass is 152 g/mol. The van der Waals surface area contributed by atoms with Crippen LogP contribution in [0, 0.1) is 5.41 Å². The summed E-state index contributed by atoms with van der Waals surface area (Å²) < 4.78 is 0. The van der Waals surface area contributed by atoms with E-state index in [0.29, 0.717) is 5.76 Å². The Kier molecular flexibility index (Phi) is 1.83. The first-order valence-electron chi connectivity index (χ1n) is 4.03. The third-order valence-corrected chi connectivity index (χ3v) is 2.20. The van der Waals surface area contributed by atoms with Gasteiger partial charge in [0.15, 0.2) is 0 Å². The van der Waals surface area contributed by atoms with Gasteiger partial charge in [0.25, 0.3) is 0 Å². The van der Waals surface area contributed by atoms with Crippen molar-refractivity contribution >= 4 is 0 Å². The van der Waals surface area contributed by atoms with E-state index in [1.165, 1.54) is 0 Å². The van der Waals surface area contributed by atoms with Gasteiger partial charge in [0, 0.05) is 0 Å². The molecule has 0 saturated heterocycles. The summed E-state index contributed by atoms with van der Waals surface area (Å²) >= 11 is 0. The Bertz CT molecular complexity index is 216. The molecule has 0 aromatic rings. The summed E-state index contributed by atoms with van der Waals surface area (Å²) in [7, 11) is 0. The van der Waals surface area contributed by atoms with E-state index in [-0.39, 0.29) is 5.41 Å². The highest BCUT2D eigenvalue weighted by Gasteiger charge is 2.26. The van der Waals surface area contributed by atoms with E-state index in [1.54, 1.807) is 0 Å². The number of rotatable bonds is 0. The average Bonchev–Trinajstić information content (AvgIpc) is 2.11. The number of hydrogen-bond acceptors (Lipinski definition) is 1. The Balaban J connectivity index is 2.98. The van der Waals surface area contributed by atoms with Crippen LogP contribution >= 0.6 is 0 Å². The quantitative estimate of drug-likeness (QED) is 0.565. The Morgan fingerprint density at radius 2 is 1.82 bits per heavy atom. The molecule has 1 rings (SSSR count). The van der Waals surface area contributed by atoms with E-state index in [1.807, 2.05) is 0 Å². The van der Waals surface area contributed by atoms with Gasteiger partial charge in [0.1, 0.15) is 5.76 Å². The van der Waals surface area contributed by atoms with Crippen LogP contribution in [0.1, 0.15) is 33.6 Å². The van der Waals surface area contributed by atoms with Crippen LogP contribution in [-0.2, 0) is 0 Å². The molecule has 1 nitrogen and oxygen atoms in total. The third kappa shape index (κ3) is 1.47. The summed E-state index contributed by atoms with van der Waals surface area (Å²) in [6.45, 7) is 10.2. The molecule has 0 amide bonds. The van der Waals surface area contributed by atoms with Crippen molar-refractivity contribution < 1.29 is 5.11 Å². The van der Waals surface area contributed by atoms with Crippen LogP contribution in [0.3, 0.4) is 0 Å². The van der Waals surface area contributed by atoms with Gasteiger partial charge < -0.3 is 5.11 Å². The van der Waals surface area contributed by atoms with Crippen LogP contribution in [-0.4, -0.2) is 5.11 Å². The van der Waals surface area contributed by atoms with E-state index in [9.17, 15) is 5.11 Å². The lowest BCUT2D eigenvalue weighted by molar-refractivity contribution is 0.391. The van der Waals surface area contributed by atoms with Crippen LogP contribution in [0.25, 0.3) is 0 Å². The van der Waals surface area contributed by atoms with Crippen LogP contribution in [0.2, 0.25) is 0 Å². The average molecular weight is 152 g/mol. The topological polar surface area (TPSA) is 20.2 Å². The Hall–Kier alpha value is -0.720. The molecule has 11 heavy (non-hydrogen) atoms.